The molecule has 1 saturated heterocycles. The highest BCUT2D eigenvalue weighted by Gasteiger charge is 2.36. The van der Waals surface area contributed by atoms with Gasteiger partial charge in [-0.15, -0.1) is 0 Å². The Morgan fingerprint density at radius 1 is 1.17 bits per heavy atom. The Labute approximate surface area is 215 Å². The molecule has 188 valence electrons. The number of furan rings is 1. The van der Waals surface area contributed by atoms with E-state index in [4.69, 9.17) is 9.40 Å². The number of carbonyl (C=O) groups excluding carboxylic acids is 1. The van der Waals surface area contributed by atoms with Crippen LogP contribution in [0.25, 0.3) is 10.2 Å². The van der Waals surface area contributed by atoms with Gasteiger partial charge in [-0.1, -0.05) is 48.1 Å². The Balaban J connectivity index is 1.45. The molecule has 1 amide bonds. The van der Waals surface area contributed by atoms with Crippen LogP contribution in [0.1, 0.15) is 36.7 Å². The lowest BCUT2D eigenvalue weighted by molar-refractivity contribution is -0.123. The summed E-state index contributed by atoms with van der Waals surface area (Å²) in [5.74, 6) is 0.0529. The van der Waals surface area contributed by atoms with Crippen molar-refractivity contribution in [2.75, 3.05) is 18.0 Å². The molecule has 36 heavy (non-hydrogen) atoms. The van der Waals surface area contributed by atoms with Gasteiger partial charge in [0, 0.05) is 13.1 Å². The summed E-state index contributed by atoms with van der Waals surface area (Å²) < 4.78 is 34.7. The second-order valence-corrected chi connectivity index (χ2v) is 12.1. The number of piperidine rings is 1. The third-order valence-corrected chi connectivity index (χ3v) is 9.58. The third kappa shape index (κ3) is 4.83. The normalized spacial score (nSPS) is 16.9. The van der Waals surface area contributed by atoms with Crippen LogP contribution in [0, 0.1) is 12.8 Å². The van der Waals surface area contributed by atoms with Crippen molar-refractivity contribution < 1.29 is 17.6 Å². The lowest BCUT2D eigenvalue weighted by Crippen LogP contribution is -2.46. The number of benzene rings is 2. The van der Waals surface area contributed by atoms with E-state index in [-0.39, 0.29) is 23.9 Å². The van der Waals surface area contributed by atoms with Crippen LogP contribution in [-0.4, -0.2) is 36.7 Å². The van der Waals surface area contributed by atoms with E-state index in [1.54, 1.807) is 41.5 Å². The zero-order valence-electron chi connectivity index (χ0n) is 20.4. The third-order valence-electron chi connectivity index (χ3n) is 6.66. The predicted molar refractivity (Wildman–Crippen MR) is 142 cm³/mol. The number of aromatic nitrogens is 1. The van der Waals surface area contributed by atoms with Gasteiger partial charge in [0.05, 0.1) is 33.8 Å². The summed E-state index contributed by atoms with van der Waals surface area (Å²) in [7, 11) is -3.68. The summed E-state index contributed by atoms with van der Waals surface area (Å²) in [6.45, 7) is 4.80. The Hall–Kier alpha value is -3.01. The van der Waals surface area contributed by atoms with Crippen molar-refractivity contribution in [1.29, 1.82) is 0 Å². The molecule has 2 aromatic heterocycles. The number of aryl methyl sites for hydroxylation is 2. The monoisotopic (exact) mass is 523 g/mol. The van der Waals surface area contributed by atoms with Crippen LogP contribution in [0.3, 0.4) is 0 Å². The fourth-order valence-corrected chi connectivity index (χ4v) is 7.18. The van der Waals surface area contributed by atoms with E-state index < -0.39 is 15.9 Å². The first kappa shape index (κ1) is 24.7. The summed E-state index contributed by atoms with van der Waals surface area (Å²) in [4.78, 5) is 20.7. The topological polar surface area (TPSA) is 83.7 Å². The summed E-state index contributed by atoms with van der Waals surface area (Å²) in [5.41, 5.74) is 3.04. The molecule has 1 aliphatic heterocycles. The fourth-order valence-electron chi connectivity index (χ4n) is 4.63. The Morgan fingerprint density at radius 2 is 1.97 bits per heavy atom. The highest BCUT2D eigenvalue weighted by atomic mass is 32.2. The number of thiazole rings is 1. The Bertz CT molecular complexity index is 1460. The largest absolute Gasteiger partial charge is 0.467 e. The summed E-state index contributed by atoms with van der Waals surface area (Å²) in [6, 6.07) is 16.6. The van der Waals surface area contributed by atoms with Crippen molar-refractivity contribution >= 4 is 42.6 Å². The van der Waals surface area contributed by atoms with Crippen LogP contribution in [0.5, 0.6) is 0 Å². The van der Waals surface area contributed by atoms with Gasteiger partial charge in [0.25, 0.3) is 0 Å². The number of amides is 1. The predicted octanol–water partition coefficient (Wildman–Crippen LogP) is 5.39. The van der Waals surface area contributed by atoms with E-state index in [1.807, 2.05) is 25.1 Å². The molecular weight excluding hydrogens is 494 g/mol. The number of para-hydroxylation sites is 1. The van der Waals surface area contributed by atoms with Gasteiger partial charge >= 0.3 is 0 Å². The Kier molecular flexibility index (Phi) is 6.96. The van der Waals surface area contributed by atoms with Crippen LogP contribution in [0.4, 0.5) is 5.13 Å². The van der Waals surface area contributed by atoms with Gasteiger partial charge in [0.1, 0.15) is 5.76 Å². The number of anilines is 1. The maximum atomic E-state index is 13.9. The smallest absolute Gasteiger partial charge is 0.243 e. The van der Waals surface area contributed by atoms with Gasteiger partial charge in [-0.25, -0.2) is 13.4 Å². The molecule has 2 aromatic carbocycles. The minimum atomic E-state index is -3.68. The molecular formula is C27H29N3O4S2. The number of hydrogen-bond donors (Lipinski definition) is 0. The van der Waals surface area contributed by atoms with Crippen LogP contribution >= 0.6 is 11.3 Å². The summed E-state index contributed by atoms with van der Waals surface area (Å²) in [5, 5.41) is 0.603. The SMILES string of the molecule is CCc1cccc2sc(N(Cc3ccco3)C(=O)C3CCCN(S(=O)(=O)c4ccc(C)cc4)C3)nc12. The molecule has 0 spiro atoms. The van der Waals surface area contributed by atoms with E-state index in [1.165, 1.54) is 15.6 Å². The minimum Gasteiger partial charge on any atom is -0.467 e. The molecule has 1 aliphatic rings. The molecule has 0 saturated carbocycles. The first-order chi connectivity index (χ1) is 17.4. The van der Waals surface area contributed by atoms with Gasteiger partial charge in [-0.3, -0.25) is 9.69 Å². The van der Waals surface area contributed by atoms with Crippen molar-refractivity contribution in [1.82, 2.24) is 9.29 Å². The van der Waals surface area contributed by atoms with Gasteiger partial charge in [0.15, 0.2) is 5.13 Å². The highest BCUT2D eigenvalue weighted by Crippen LogP contribution is 2.34. The molecule has 5 rings (SSSR count). The lowest BCUT2D eigenvalue weighted by atomic mass is 9.98. The van der Waals surface area contributed by atoms with E-state index in [2.05, 4.69) is 13.0 Å². The zero-order valence-corrected chi connectivity index (χ0v) is 22.0. The average Bonchev–Trinajstić information content (AvgIpc) is 3.57. The highest BCUT2D eigenvalue weighted by molar-refractivity contribution is 7.89. The zero-order chi connectivity index (χ0) is 25.3. The van der Waals surface area contributed by atoms with E-state index in [0.29, 0.717) is 30.3 Å². The van der Waals surface area contributed by atoms with Crippen molar-refractivity contribution in [2.24, 2.45) is 5.92 Å². The van der Waals surface area contributed by atoms with Crippen molar-refractivity contribution in [3.05, 3.63) is 77.7 Å². The first-order valence-corrected chi connectivity index (χ1v) is 14.4. The first-order valence-electron chi connectivity index (χ1n) is 12.2. The summed E-state index contributed by atoms with van der Waals surface area (Å²) >= 11 is 1.47. The molecule has 0 N–H and O–H groups in total. The number of rotatable bonds is 7. The van der Waals surface area contributed by atoms with Crippen LogP contribution in [-0.2, 0) is 27.8 Å². The molecule has 4 aromatic rings. The number of fused-ring (bicyclic) bond motifs is 1. The van der Waals surface area contributed by atoms with Gasteiger partial charge in [0.2, 0.25) is 15.9 Å². The number of hydrogen-bond acceptors (Lipinski definition) is 6. The molecule has 1 atom stereocenters. The van der Waals surface area contributed by atoms with Gasteiger partial charge < -0.3 is 4.42 Å². The summed E-state index contributed by atoms with van der Waals surface area (Å²) in [6.07, 6.45) is 3.68. The van der Waals surface area contributed by atoms with Crippen molar-refractivity contribution in [3.8, 4) is 0 Å². The van der Waals surface area contributed by atoms with Crippen molar-refractivity contribution in [3.63, 3.8) is 0 Å². The second-order valence-electron chi connectivity index (χ2n) is 9.13. The standard InChI is InChI=1S/C27H29N3O4S2/c1-3-20-7-4-10-24-25(20)28-27(35-24)30(18-22-9-6-16-34-22)26(31)21-8-5-15-29(17-21)36(32,33)23-13-11-19(2)12-14-23/h4,6-7,9-14,16,21H,3,5,8,15,17-18H2,1-2H3. The molecule has 3 heterocycles. The van der Waals surface area contributed by atoms with E-state index in [0.717, 1.165) is 27.8 Å². The number of carbonyl (C=O) groups is 1. The number of sulfonamides is 1. The fraction of sp³-hybridized carbons (Fsp3) is 0.333. The van der Waals surface area contributed by atoms with Crippen LogP contribution < -0.4 is 4.90 Å². The van der Waals surface area contributed by atoms with E-state index >= 15 is 0 Å². The Morgan fingerprint density at radius 3 is 2.69 bits per heavy atom. The molecule has 0 radical (unpaired) electrons. The van der Waals surface area contributed by atoms with Crippen LogP contribution in [0.15, 0.2) is 70.2 Å². The molecule has 0 aliphatic carbocycles. The lowest BCUT2D eigenvalue weighted by Gasteiger charge is -2.33. The second kappa shape index (κ2) is 10.2. The van der Waals surface area contributed by atoms with Crippen LogP contribution in [0.2, 0.25) is 0 Å². The average molecular weight is 524 g/mol. The maximum absolute atomic E-state index is 13.9. The molecule has 0 bridgehead atoms. The molecule has 7 nitrogen and oxygen atoms in total. The molecule has 1 unspecified atom stereocenters. The molecule has 1 fully saturated rings. The minimum absolute atomic E-state index is 0.132. The molecule has 9 heteroatoms. The quantitative estimate of drug-likeness (QED) is 0.324. The van der Waals surface area contributed by atoms with Gasteiger partial charge in [-0.05, 0) is 62.1 Å². The van der Waals surface area contributed by atoms with E-state index in [9.17, 15) is 13.2 Å². The maximum Gasteiger partial charge on any atom is 0.243 e. The van der Waals surface area contributed by atoms with Crippen molar-refractivity contribution in [2.45, 2.75) is 44.6 Å². The number of nitrogens with zero attached hydrogens (tertiary/aromatic N) is 3. The van der Waals surface area contributed by atoms with Gasteiger partial charge in [-0.2, -0.15) is 4.31 Å².